The van der Waals surface area contributed by atoms with Crippen molar-refractivity contribution in [1.82, 2.24) is 5.32 Å². The van der Waals surface area contributed by atoms with Gasteiger partial charge in [0, 0.05) is 17.6 Å². The van der Waals surface area contributed by atoms with Crippen molar-refractivity contribution in [3.8, 4) is 0 Å². The minimum absolute atomic E-state index is 0.345. The van der Waals surface area contributed by atoms with E-state index in [1.54, 1.807) is 0 Å². The first-order valence-corrected chi connectivity index (χ1v) is 7.07. The van der Waals surface area contributed by atoms with Gasteiger partial charge in [0.2, 0.25) is 0 Å². The minimum atomic E-state index is 0.345. The summed E-state index contributed by atoms with van der Waals surface area (Å²) < 4.78 is 0. The monoisotopic (exact) mass is 273 g/mol. The SMILES string of the molecule is CC(C)C(NCc1ccccc1)c1ccc(Cl)cc1. The van der Waals surface area contributed by atoms with Crippen LogP contribution in [0.3, 0.4) is 0 Å². The highest BCUT2D eigenvalue weighted by atomic mass is 35.5. The average molecular weight is 274 g/mol. The molecule has 1 unspecified atom stereocenters. The molecule has 0 spiro atoms. The molecular weight excluding hydrogens is 254 g/mol. The number of benzene rings is 2. The highest BCUT2D eigenvalue weighted by Crippen LogP contribution is 2.23. The van der Waals surface area contributed by atoms with Gasteiger partial charge in [0.25, 0.3) is 0 Å². The molecule has 2 rings (SSSR count). The molecule has 100 valence electrons. The van der Waals surface area contributed by atoms with Crippen molar-refractivity contribution in [1.29, 1.82) is 0 Å². The third-order valence-corrected chi connectivity index (χ3v) is 3.52. The predicted molar refractivity (Wildman–Crippen MR) is 82.3 cm³/mol. The summed E-state index contributed by atoms with van der Waals surface area (Å²) in [5.74, 6) is 0.532. The van der Waals surface area contributed by atoms with Crippen LogP contribution < -0.4 is 5.32 Å². The molecular formula is C17H20ClN. The number of nitrogens with one attached hydrogen (secondary N) is 1. The van der Waals surface area contributed by atoms with Crippen LogP contribution in [-0.2, 0) is 6.54 Å². The van der Waals surface area contributed by atoms with Crippen LogP contribution in [0, 0.1) is 5.92 Å². The zero-order valence-corrected chi connectivity index (χ0v) is 12.2. The van der Waals surface area contributed by atoms with Crippen LogP contribution >= 0.6 is 11.6 Å². The van der Waals surface area contributed by atoms with E-state index in [0.29, 0.717) is 12.0 Å². The van der Waals surface area contributed by atoms with E-state index in [0.717, 1.165) is 11.6 Å². The van der Waals surface area contributed by atoms with Gasteiger partial charge in [-0.1, -0.05) is 67.9 Å². The number of hydrogen-bond acceptors (Lipinski definition) is 1. The van der Waals surface area contributed by atoms with Crippen LogP contribution in [0.1, 0.15) is 31.0 Å². The summed E-state index contributed by atoms with van der Waals surface area (Å²) in [5.41, 5.74) is 2.59. The second kappa shape index (κ2) is 6.74. The molecule has 19 heavy (non-hydrogen) atoms. The molecule has 0 amide bonds. The first-order valence-electron chi connectivity index (χ1n) is 6.69. The van der Waals surface area contributed by atoms with Gasteiger partial charge < -0.3 is 5.32 Å². The summed E-state index contributed by atoms with van der Waals surface area (Å²) in [6, 6.07) is 18.9. The van der Waals surface area contributed by atoms with E-state index in [9.17, 15) is 0 Å². The molecule has 2 aromatic carbocycles. The van der Waals surface area contributed by atoms with Crippen molar-refractivity contribution >= 4 is 11.6 Å². The Labute approximate surface area is 120 Å². The molecule has 0 fully saturated rings. The Kier molecular flexibility index (Phi) is 5.00. The molecule has 1 atom stereocenters. The van der Waals surface area contributed by atoms with E-state index < -0.39 is 0 Å². The fraction of sp³-hybridized carbons (Fsp3) is 0.294. The second-order valence-electron chi connectivity index (χ2n) is 5.14. The molecule has 0 bridgehead atoms. The van der Waals surface area contributed by atoms with Crippen molar-refractivity contribution in [2.75, 3.05) is 0 Å². The number of halogens is 1. The Morgan fingerprint density at radius 1 is 0.947 bits per heavy atom. The minimum Gasteiger partial charge on any atom is -0.306 e. The summed E-state index contributed by atoms with van der Waals surface area (Å²) >= 11 is 5.95. The Balaban J connectivity index is 2.06. The van der Waals surface area contributed by atoms with Crippen molar-refractivity contribution in [2.45, 2.75) is 26.4 Å². The van der Waals surface area contributed by atoms with Gasteiger partial charge in [-0.15, -0.1) is 0 Å². The topological polar surface area (TPSA) is 12.0 Å². The molecule has 0 aromatic heterocycles. The first kappa shape index (κ1) is 14.1. The Bertz CT molecular complexity index is 490. The smallest absolute Gasteiger partial charge is 0.0406 e. The van der Waals surface area contributed by atoms with Gasteiger partial charge in [-0.3, -0.25) is 0 Å². The third kappa shape index (κ3) is 4.09. The normalized spacial score (nSPS) is 12.6. The largest absolute Gasteiger partial charge is 0.306 e. The Morgan fingerprint density at radius 2 is 1.58 bits per heavy atom. The maximum absolute atomic E-state index is 5.95. The number of hydrogen-bond donors (Lipinski definition) is 1. The van der Waals surface area contributed by atoms with Gasteiger partial charge in [0.1, 0.15) is 0 Å². The molecule has 0 saturated carbocycles. The third-order valence-electron chi connectivity index (χ3n) is 3.26. The lowest BCUT2D eigenvalue weighted by molar-refractivity contribution is 0.410. The van der Waals surface area contributed by atoms with Crippen molar-refractivity contribution < 1.29 is 0 Å². The van der Waals surface area contributed by atoms with E-state index in [1.165, 1.54) is 11.1 Å². The molecule has 0 saturated heterocycles. The predicted octanol–water partition coefficient (Wildman–Crippen LogP) is 4.83. The van der Waals surface area contributed by atoms with Gasteiger partial charge in [0.05, 0.1) is 0 Å². The molecule has 2 aromatic rings. The molecule has 1 N–H and O–H groups in total. The molecule has 0 aliphatic heterocycles. The summed E-state index contributed by atoms with van der Waals surface area (Å²) in [6.07, 6.45) is 0. The average Bonchev–Trinajstić information content (AvgIpc) is 2.42. The van der Waals surface area contributed by atoms with Crippen LogP contribution in [0.15, 0.2) is 54.6 Å². The first-order chi connectivity index (χ1) is 9.16. The molecule has 0 radical (unpaired) electrons. The van der Waals surface area contributed by atoms with Gasteiger partial charge in [-0.25, -0.2) is 0 Å². The van der Waals surface area contributed by atoms with E-state index in [1.807, 2.05) is 18.2 Å². The Morgan fingerprint density at radius 3 is 2.16 bits per heavy atom. The molecule has 0 heterocycles. The van der Waals surface area contributed by atoms with Gasteiger partial charge in [-0.2, -0.15) is 0 Å². The molecule has 1 nitrogen and oxygen atoms in total. The van der Waals surface area contributed by atoms with Gasteiger partial charge >= 0.3 is 0 Å². The van der Waals surface area contributed by atoms with Crippen molar-refractivity contribution in [2.24, 2.45) is 5.92 Å². The van der Waals surface area contributed by atoms with Crippen LogP contribution in [-0.4, -0.2) is 0 Å². The molecule has 0 aliphatic rings. The zero-order chi connectivity index (χ0) is 13.7. The molecule has 2 heteroatoms. The van der Waals surface area contributed by atoms with Gasteiger partial charge in [0.15, 0.2) is 0 Å². The van der Waals surface area contributed by atoms with E-state index in [4.69, 9.17) is 11.6 Å². The fourth-order valence-electron chi connectivity index (χ4n) is 2.23. The lowest BCUT2D eigenvalue weighted by Crippen LogP contribution is -2.25. The van der Waals surface area contributed by atoms with Crippen molar-refractivity contribution in [3.63, 3.8) is 0 Å². The summed E-state index contributed by atoms with van der Waals surface area (Å²) in [4.78, 5) is 0. The fourth-order valence-corrected chi connectivity index (χ4v) is 2.36. The van der Waals surface area contributed by atoms with Crippen LogP contribution in [0.25, 0.3) is 0 Å². The van der Waals surface area contributed by atoms with Crippen LogP contribution in [0.5, 0.6) is 0 Å². The summed E-state index contributed by atoms with van der Waals surface area (Å²) in [7, 11) is 0. The second-order valence-corrected chi connectivity index (χ2v) is 5.58. The van der Waals surface area contributed by atoms with E-state index >= 15 is 0 Å². The van der Waals surface area contributed by atoms with Crippen LogP contribution in [0.2, 0.25) is 5.02 Å². The van der Waals surface area contributed by atoms with E-state index in [2.05, 4.69) is 55.6 Å². The quantitative estimate of drug-likeness (QED) is 0.823. The lowest BCUT2D eigenvalue weighted by atomic mass is 9.96. The summed E-state index contributed by atoms with van der Waals surface area (Å²) in [5, 5.41) is 4.41. The maximum Gasteiger partial charge on any atom is 0.0406 e. The lowest BCUT2D eigenvalue weighted by Gasteiger charge is -2.23. The highest BCUT2D eigenvalue weighted by molar-refractivity contribution is 6.30. The van der Waals surface area contributed by atoms with Gasteiger partial charge in [-0.05, 0) is 29.2 Å². The number of rotatable bonds is 5. The maximum atomic E-state index is 5.95. The standard InChI is InChI=1S/C17H20ClN/c1-13(2)17(15-8-10-16(18)11-9-15)19-12-14-6-4-3-5-7-14/h3-11,13,17,19H,12H2,1-2H3. The zero-order valence-electron chi connectivity index (χ0n) is 11.4. The summed E-state index contributed by atoms with van der Waals surface area (Å²) in [6.45, 7) is 5.35. The van der Waals surface area contributed by atoms with E-state index in [-0.39, 0.29) is 0 Å². The van der Waals surface area contributed by atoms with Crippen LogP contribution in [0.4, 0.5) is 0 Å². The van der Waals surface area contributed by atoms with Crippen molar-refractivity contribution in [3.05, 3.63) is 70.7 Å². The Hall–Kier alpha value is -1.31. The highest BCUT2D eigenvalue weighted by Gasteiger charge is 2.14. The molecule has 0 aliphatic carbocycles.